The SMILES string of the molecule is Cc1nsc(NCCCS(C)(=O)=O)n1. The van der Waals surface area contributed by atoms with Gasteiger partial charge in [-0.3, -0.25) is 0 Å². The van der Waals surface area contributed by atoms with Crippen molar-refractivity contribution in [1.82, 2.24) is 9.36 Å². The lowest BCUT2D eigenvalue weighted by Crippen LogP contribution is -2.09. The van der Waals surface area contributed by atoms with E-state index in [9.17, 15) is 8.42 Å². The molecule has 0 unspecified atom stereocenters. The van der Waals surface area contributed by atoms with Crippen LogP contribution in [0.1, 0.15) is 12.2 Å². The van der Waals surface area contributed by atoms with Crippen molar-refractivity contribution in [3.63, 3.8) is 0 Å². The van der Waals surface area contributed by atoms with Gasteiger partial charge in [0.2, 0.25) is 5.13 Å². The summed E-state index contributed by atoms with van der Waals surface area (Å²) < 4.78 is 25.6. The number of hydrogen-bond donors (Lipinski definition) is 1. The van der Waals surface area contributed by atoms with Crippen LogP contribution >= 0.6 is 11.5 Å². The maximum atomic E-state index is 10.8. The zero-order valence-electron chi connectivity index (χ0n) is 8.15. The Kier molecular flexibility index (Phi) is 3.82. The standard InChI is InChI=1S/C7H13N3O2S2/c1-6-9-7(13-10-6)8-4-3-5-14(2,11)12/h3-5H2,1-2H3,(H,8,9,10). The third kappa shape index (κ3) is 4.52. The third-order valence-corrected chi connectivity index (χ3v) is 3.29. The molecule has 0 spiro atoms. The summed E-state index contributed by atoms with van der Waals surface area (Å²) >= 11 is 1.29. The molecule has 80 valence electrons. The monoisotopic (exact) mass is 235 g/mol. The minimum Gasteiger partial charge on any atom is -0.360 e. The largest absolute Gasteiger partial charge is 0.360 e. The first kappa shape index (κ1) is 11.4. The van der Waals surface area contributed by atoms with E-state index in [4.69, 9.17) is 0 Å². The van der Waals surface area contributed by atoms with Gasteiger partial charge < -0.3 is 5.32 Å². The first-order valence-electron chi connectivity index (χ1n) is 4.19. The minimum absolute atomic E-state index is 0.206. The molecule has 0 radical (unpaired) electrons. The first-order chi connectivity index (χ1) is 6.47. The molecule has 14 heavy (non-hydrogen) atoms. The zero-order valence-corrected chi connectivity index (χ0v) is 9.78. The number of nitrogens with one attached hydrogen (secondary N) is 1. The van der Waals surface area contributed by atoms with Crippen molar-refractivity contribution in [3.8, 4) is 0 Å². The summed E-state index contributed by atoms with van der Waals surface area (Å²) in [6, 6.07) is 0. The predicted octanol–water partition coefficient (Wildman–Crippen LogP) is 0.693. The number of aromatic nitrogens is 2. The van der Waals surface area contributed by atoms with E-state index in [1.54, 1.807) is 0 Å². The molecule has 1 aromatic heterocycles. The fourth-order valence-corrected chi connectivity index (χ4v) is 2.17. The Morgan fingerprint density at radius 2 is 2.21 bits per heavy atom. The Morgan fingerprint density at radius 3 is 2.71 bits per heavy atom. The lowest BCUT2D eigenvalue weighted by molar-refractivity contribution is 0.600. The molecule has 1 N–H and O–H groups in total. The van der Waals surface area contributed by atoms with E-state index >= 15 is 0 Å². The highest BCUT2D eigenvalue weighted by Gasteiger charge is 2.02. The summed E-state index contributed by atoms with van der Waals surface area (Å²) in [6.07, 6.45) is 1.83. The predicted molar refractivity (Wildman–Crippen MR) is 57.5 cm³/mol. The first-order valence-corrected chi connectivity index (χ1v) is 7.03. The lowest BCUT2D eigenvalue weighted by atomic mass is 10.5. The molecule has 0 amide bonds. The van der Waals surface area contributed by atoms with Gasteiger partial charge in [0.05, 0.1) is 5.75 Å². The average molecular weight is 235 g/mol. The van der Waals surface area contributed by atoms with Crippen molar-refractivity contribution in [2.24, 2.45) is 0 Å². The van der Waals surface area contributed by atoms with Crippen LogP contribution in [0.5, 0.6) is 0 Å². The van der Waals surface area contributed by atoms with Crippen LogP contribution in [0.2, 0.25) is 0 Å². The molecule has 0 bridgehead atoms. The molecular weight excluding hydrogens is 222 g/mol. The highest BCUT2D eigenvalue weighted by molar-refractivity contribution is 7.90. The molecule has 0 aliphatic rings. The van der Waals surface area contributed by atoms with Crippen LogP contribution in [0.3, 0.4) is 0 Å². The van der Waals surface area contributed by atoms with E-state index in [0.717, 1.165) is 11.0 Å². The summed E-state index contributed by atoms with van der Waals surface area (Å²) in [5.41, 5.74) is 0. The van der Waals surface area contributed by atoms with Gasteiger partial charge in [-0.2, -0.15) is 4.37 Å². The van der Waals surface area contributed by atoms with Crippen molar-refractivity contribution in [2.45, 2.75) is 13.3 Å². The number of anilines is 1. The summed E-state index contributed by atoms with van der Waals surface area (Å²) in [4.78, 5) is 4.09. The number of nitrogens with zero attached hydrogens (tertiary/aromatic N) is 2. The minimum atomic E-state index is -2.85. The summed E-state index contributed by atoms with van der Waals surface area (Å²) in [5.74, 6) is 0.943. The molecule has 1 aromatic rings. The van der Waals surface area contributed by atoms with Crippen molar-refractivity contribution in [1.29, 1.82) is 0 Å². The Morgan fingerprint density at radius 1 is 1.50 bits per heavy atom. The fraction of sp³-hybridized carbons (Fsp3) is 0.714. The molecule has 0 atom stereocenters. The van der Waals surface area contributed by atoms with Gasteiger partial charge in [-0.1, -0.05) is 0 Å². The second-order valence-electron chi connectivity index (χ2n) is 3.06. The van der Waals surface area contributed by atoms with Gasteiger partial charge in [0, 0.05) is 24.3 Å². The van der Waals surface area contributed by atoms with Gasteiger partial charge in [-0.05, 0) is 13.3 Å². The molecule has 5 nitrogen and oxygen atoms in total. The Bertz CT molecular complexity index is 385. The quantitative estimate of drug-likeness (QED) is 0.760. The third-order valence-electron chi connectivity index (χ3n) is 1.50. The van der Waals surface area contributed by atoms with E-state index in [-0.39, 0.29) is 5.75 Å². The molecular formula is C7H13N3O2S2. The molecule has 0 aliphatic carbocycles. The van der Waals surface area contributed by atoms with E-state index < -0.39 is 9.84 Å². The van der Waals surface area contributed by atoms with Crippen LogP contribution in [-0.4, -0.2) is 36.3 Å². The van der Waals surface area contributed by atoms with Gasteiger partial charge >= 0.3 is 0 Å². The molecule has 0 aromatic carbocycles. The number of rotatable bonds is 5. The second-order valence-corrected chi connectivity index (χ2v) is 6.07. The van der Waals surface area contributed by atoms with Gasteiger partial charge in [0.25, 0.3) is 0 Å². The van der Waals surface area contributed by atoms with Crippen molar-refractivity contribution >= 4 is 26.5 Å². The van der Waals surface area contributed by atoms with E-state index in [2.05, 4.69) is 14.7 Å². The Balaban J connectivity index is 2.23. The Hall–Kier alpha value is -0.690. The van der Waals surface area contributed by atoms with Crippen LogP contribution < -0.4 is 5.32 Å². The number of aryl methyl sites for hydroxylation is 1. The topological polar surface area (TPSA) is 72.0 Å². The van der Waals surface area contributed by atoms with Crippen molar-refractivity contribution in [2.75, 3.05) is 23.9 Å². The van der Waals surface area contributed by atoms with Crippen molar-refractivity contribution < 1.29 is 8.42 Å². The average Bonchev–Trinajstić information content (AvgIpc) is 2.44. The van der Waals surface area contributed by atoms with Crippen molar-refractivity contribution in [3.05, 3.63) is 5.82 Å². The zero-order chi connectivity index (χ0) is 10.6. The van der Waals surface area contributed by atoms with Crippen LogP contribution in [0.15, 0.2) is 0 Å². The lowest BCUT2D eigenvalue weighted by Gasteiger charge is -2.00. The Labute approximate surface area is 87.7 Å². The van der Waals surface area contributed by atoms with Crippen LogP contribution in [0.4, 0.5) is 5.13 Å². The van der Waals surface area contributed by atoms with Gasteiger partial charge in [0.1, 0.15) is 15.7 Å². The molecule has 0 saturated heterocycles. The normalized spacial score (nSPS) is 11.6. The van der Waals surface area contributed by atoms with Gasteiger partial charge in [-0.15, -0.1) is 0 Å². The maximum absolute atomic E-state index is 10.8. The highest BCUT2D eigenvalue weighted by Crippen LogP contribution is 2.09. The molecule has 1 heterocycles. The van der Waals surface area contributed by atoms with E-state index in [0.29, 0.717) is 13.0 Å². The molecule has 7 heteroatoms. The van der Waals surface area contributed by atoms with Gasteiger partial charge in [0.15, 0.2) is 0 Å². The molecule has 0 saturated carbocycles. The summed E-state index contributed by atoms with van der Waals surface area (Å²) in [5, 5.41) is 3.76. The summed E-state index contributed by atoms with van der Waals surface area (Å²) in [6.45, 7) is 2.43. The fourth-order valence-electron chi connectivity index (χ4n) is 0.899. The molecule has 1 rings (SSSR count). The van der Waals surface area contributed by atoms with Crippen LogP contribution in [0.25, 0.3) is 0 Å². The summed E-state index contributed by atoms with van der Waals surface area (Å²) in [7, 11) is -2.85. The van der Waals surface area contributed by atoms with E-state index in [1.165, 1.54) is 17.8 Å². The van der Waals surface area contributed by atoms with Gasteiger partial charge in [-0.25, -0.2) is 13.4 Å². The second kappa shape index (κ2) is 4.70. The molecule has 0 aliphatic heterocycles. The van der Waals surface area contributed by atoms with E-state index in [1.807, 2.05) is 6.92 Å². The van der Waals surface area contributed by atoms with Crippen LogP contribution in [-0.2, 0) is 9.84 Å². The number of hydrogen-bond acceptors (Lipinski definition) is 6. The number of sulfone groups is 1. The smallest absolute Gasteiger partial charge is 0.202 e. The van der Waals surface area contributed by atoms with Crippen LogP contribution in [0, 0.1) is 6.92 Å². The highest BCUT2D eigenvalue weighted by atomic mass is 32.2. The maximum Gasteiger partial charge on any atom is 0.202 e. The molecule has 0 fully saturated rings.